The van der Waals surface area contributed by atoms with Crippen molar-refractivity contribution in [2.45, 2.75) is 26.2 Å². The fourth-order valence-electron chi connectivity index (χ4n) is 2.62. The van der Waals surface area contributed by atoms with Crippen LogP contribution in [0.5, 0.6) is 11.5 Å². The number of rotatable bonds is 4. The quantitative estimate of drug-likeness (QED) is 0.764. The molecule has 0 atom stereocenters. The molecule has 25 heavy (non-hydrogen) atoms. The van der Waals surface area contributed by atoms with Gasteiger partial charge in [-0.1, -0.05) is 45.0 Å². The van der Waals surface area contributed by atoms with Crippen molar-refractivity contribution in [2.24, 2.45) is 0 Å². The number of nitrogens with one attached hydrogen (secondary N) is 1. The van der Waals surface area contributed by atoms with Crippen molar-refractivity contribution < 1.29 is 9.47 Å². The minimum absolute atomic E-state index is 0.130. The van der Waals surface area contributed by atoms with E-state index in [1.165, 1.54) is 5.56 Å². The third-order valence-corrected chi connectivity index (χ3v) is 4.15. The molecule has 0 aliphatic heterocycles. The Morgan fingerprint density at radius 1 is 0.840 bits per heavy atom. The molecule has 130 valence electrons. The Hall–Kier alpha value is -2.82. The molecule has 0 fully saturated rings. The summed E-state index contributed by atoms with van der Waals surface area (Å²) in [6.07, 6.45) is 0. The summed E-state index contributed by atoms with van der Waals surface area (Å²) < 4.78 is 10.6. The summed E-state index contributed by atoms with van der Waals surface area (Å²) in [6.45, 7) is 6.60. The second-order valence-electron chi connectivity index (χ2n) is 6.90. The molecule has 5 heteroatoms. The van der Waals surface area contributed by atoms with Crippen molar-refractivity contribution >= 4 is 0 Å². The van der Waals surface area contributed by atoms with Crippen molar-refractivity contribution in [1.82, 2.24) is 15.2 Å². The average molecular weight is 337 g/mol. The van der Waals surface area contributed by atoms with Crippen LogP contribution in [0.25, 0.3) is 22.8 Å². The van der Waals surface area contributed by atoms with Gasteiger partial charge in [-0.2, -0.15) is 5.10 Å². The van der Waals surface area contributed by atoms with Crippen LogP contribution in [0.3, 0.4) is 0 Å². The average Bonchev–Trinajstić information content (AvgIpc) is 3.10. The van der Waals surface area contributed by atoms with E-state index in [2.05, 4.69) is 60.2 Å². The largest absolute Gasteiger partial charge is 0.493 e. The lowest BCUT2D eigenvalue weighted by Crippen LogP contribution is -2.10. The van der Waals surface area contributed by atoms with Crippen LogP contribution < -0.4 is 9.47 Å². The Bertz CT molecular complexity index is 861. The highest BCUT2D eigenvalue weighted by Gasteiger charge is 2.15. The number of aromatic nitrogens is 3. The molecule has 1 N–H and O–H groups in total. The van der Waals surface area contributed by atoms with Crippen molar-refractivity contribution in [3.8, 4) is 34.3 Å². The molecule has 0 amide bonds. The normalized spacial score (nSPS) is 11.4. The molecular formula is C20H23N3O2. The number of hydrogen-bond acceptors (Lipinski definition) is 4. The number of nitrogens with zero attached hydrogens (tertiary/aromatic N) is 2. The number of hydrogen-bond donors (Lipinski definition) is 1. The van der Waals surface area contributed by atoms with Gasteiger partial charge in [-0.3, -0.25) is 5.10 Å². The molecule has 1 aromatic heterocycles. The molecule has 2 aromatic carbocycles. The van der Waals surface area contributed by atoms with E-state index in [-0.39, 0.29) is 5.41 Å². The van der Waals surface area contributed by atoms with Crippen LogP contribution in [0, 0.1) is 0 Å². The molecule has 3 aromatic rings. The van der Waals surface area contributed by atoms with Gasteiger partial charge in [-0.25, -0.2) is 4.98 Å². The zero-order chi connectivity index (χ0) is 18.0. The molecule has 0 aliphatic rings. The summed E-state index contributed by atoms with van der Waals surface area (Å²) in [6, 6.07) is 14.0. The first-order valence-electron chi connectivity index (χ1n) is 8.18. The fraction of sp³-hybridized carbons (Fsp3) is 0.300. The van der Waals surface area contributed by atoms with Crippen molar-refractivity contribution in [3.05, 3.63) is 48.0 Å². The second kappa shape index (κ2) is 6.59. The molecule has 0 saturated carbocycles. The molecule has 0 bridgehead atoms. The van der Waals surface area contributed by atoms with Gasteiger partial charge in [-0.05, 0) is 29.2 Å². The monoisotopic (exact) mass is 337 g/mol. The van der Waals surface area contributed by atoms with Gasteiger partial charge in [0.15, 0.2) is 23.1 Å². The van der Waals surface area contributed by atoms with Crippen molar-refractivity contribution in [1.29, 1.82) is 0 Å². The topological polar surface area (TPSA) is 60.0 Å². The van der Waals surface area contributed by atoms with Gasteiger partial charge in [0.25, 0.3) is 0 Å². The summed E-state index contributed by atoms with van der Waals surface area (Å²) in [5.74, 6) is 2.70. The van der Waals surface area contributed by atoms with E-state index < -0.39 is 0 Å². The predicted octanol–water partition coefficient (Wildman–Crippen LogP) is 4.45. The maximum Gasteiger partial charge on any atom is 0.181 e. The van der Waals surface area contributed by atoms with Gasteiger partial charge >= 0.3 is 0 Å². The van der Waals surface area contributed by atoms with E-state index in [0.717, 1.165) is 17.0 Å². The third-order valence-electron chi connectivity index (χ3n) is 4.15. The molecule has 0 aliphatic carbocycles. The summed E-state index contributed by atoms with van der Waals surface area (Å²) >= 11 is 0. The highest BCUT2D eigenvalue weighted by molar-refractivity contribution is 5.64. The van der Waals surface area contributed by atoms with E-state index in [0.29, 0.717) is 17.3 Å². The van der Waals surface area contributed by atoms with E-state index in [1.54, 1.807) is 14.2 Å². The highest BCUT2D eigenvalue weighted by Crippen LogP contribution is 2.31. The van der Waals surface area contributed by atoms with E-state index in [4.69, 9.17) is 9.47 Å². The van der Waals surface area contributed by atoms with Gasteiger partial charge in [0, 0.05) is 11.1 Å². The Kier molecular flexibility index (Phi) is 4.49. The Balaban J connectivity index is 1.90. The van der Waals surface area contributed by atoms with E-state index in [9.17, 15) is 0 Å². The van der Waals surface area contributed by atoms with E-state index in [1.807, 2.05) is 18.2 Å². The molecule has 0 unspecified atom stereocenters. The zero-order valence-electron chi connectivity index (χ0n) is 15.3. The summed E-state index contributed by atoms with van der Waals surface area (Å²) in [4.78, 5) is 4.61. The van der Waals surface area contributed by atoms with Gasteiger partial charge < -0.3 is 9.47 Å². The molecular weight excluding hydrogens is 314 g/mol. The van der Waals surface area contributed by atoms with Crippen LogP contribution in [0.4, 0.5) is 0 Å². The van der Waals surface area contributed by atoms with Crippen molar-refractivity contribution in [3.63, 3.8) is 0 Å². The number of ether oxygens (including phenoxy) is 2. The minimum Gasteiger partial charge on any atom is -0.493 e. The van der Waals surface area contributed by atoms with Gasteiger partial charge in [0.1, 0.15) is 0 Å². The first-order valence-corrected chi connectivity index (χ1v) is 8.18. The number of benzene rings is 2. The van der Waals surface area contributed by atoms with Crippen molar-refractivity contribution in [2.75, 3.05) is 14.2 Å². The first-order chi connectivity index (χ1) is 11.9. The lowest BCUT2D eigenvalue weighted by Gasteiger charge is -2.18. The Morgan fingerprint density at radius 3 is 2.08 bits per heavy atom. The minimum atomic E-state index is 0.130. The Labute approximate surface area is 148 Å². The lowest BCUT2D eigenvalue weighted by atomic mass is 9.87. The second-order valence-corrected chi connectivity index (χ2v) is 6.90. The SMILES string of the molecule is COc1ccc(-c2n[nH]c(-c3ccc(C(C)(C)C)cc3)n2)cc1OC. The van der Waals surface area contributed by atoms with E-state index >= 15 is 0 Å². The number of methoxy groups -OCH3 is 2. The standard InChI is InChI=1S/C20H23N3O2/c1-20(2,3)15-9-6-13(7-10-15)18-21-19(23-22-18)14-8-11-16(24-4)17(12-14)25-5/h6-12H,1-5H3,(H,21,22,23). The smallest absolute Gasteiger partial charge is 0.181 e. The van der Waals surface area contributed by atoms with Gasteiger partial charge in [0.2, 0.25) is 0 Å². The first kappa shape index (κ1) is 17.0. The molecule has 0 spiro atoms. The summed E-state index contributed by atoms with van der Waals surface area (Å²) in [5.41, 5.74) is 3.29. The summed E-state index contributed by atoms with van der Waals surface area (Å²) in [5, 5.41) is 7.34. The molecule has 3 rings (SSSR count). The predicted molar refractivity (Wildman–Crippen MR) is 99.1 cm³/mol. The third kappa shape index (κ3) is 3.50. The van der Waals surface area contributed by atoms with Crippen LogP contribution in [0.1, 0.15) is 26.3 Å². The summed E-state index contributed by atoms with van der Waals surface area (Å²) in [7, 11) is 3.23. The fourth-order valence-corrected chi connectivity index (χ4v) is 2.62. The number of H-pyrrole nitrogens is 1. The van der Waals surface area contributed by atoms with Crippen LogP contribution in [-0.2, 0) is 5.41 Å². The van der Waals surface area contributed by atoms with Gasteiger partial charge in [-0.15, -0.1) is 0 Å². The Morgan fingerprint density at radius 2 is 1.48 bits per heavy atom. The van der Waals surface area contributed by atoms with Crippen LogP contribution in [0.2, 0.25) is 0 Å². The molecule has 0 saturated heterocycles. The van der Waals surface area contributed by atoms with Crippen LogP contribution in [0.15, 0.2) is 42.5 Å². The van der Waals surface area contributed by atoms with Crippen LogP contribution >= 0.6 is 0 Å². The lowest BCUT2D eigenvalue weighted by molar-refractivity contribution is 0.355. The highest BCUT2D eigenvalue weighted by atomic mass is 16.5. The maximum absolute atomic E-state index is 5.34. The maximum atomic E-state index is 5.34. The molecule has 1 heterocycles. The zero-order valence-corrected chi connectivity index (χ0v) is 15.3. The number of aromatic amines is 1. The molecule has 5 nitrogen and oxygen atoms in total. The molecule has 0 radical (unpaired) electrons. The van der Waals surface area contributed by atoms with Crippen LogP contribution in [-0.4, -0.2) is 29.4 Å². The van der Waals surface area contributed by atoms with Gasteiger partial charge in [0.05, 0.1) is 14.2 Å².